The van der Waals surface area contributed by atoms with Crippen LogP contribution in [0, 0.1) is 5.82 Å². The molecule has 0 heterocycles. The molecule has 0 aromatic heterocycles. The number of ether oxygens (including phenoxy) is 1. The van der Waals surface area contributed by atoms with Gasteiger partial charge in [-0.2, -0.15) is 0 Å². The van der Waals surface area contributed by atoms with Crippen LogP contribution in [0.25, 0.3) is 0 Å². The van der Waals surface area contributed by atoms with E-state index in [1.165, 1.54) is 0 Å². The first kappa shape index (κ1) is 19.0. The van der Waals surface area contributed by atoms with E-state index in [4.69, 9.17) is 16.3 Å². The van der Waals surface area contributed by atoms with Crippen molar-refractivity contribution >= 4 is 24.0 Å². The van der Waals surface area contributed by atoms with Crippen molar-refractivity contribution in [1.82, 2.24) is 0 Å². The average molecular weight is 343 g/mol. The van der Waals surface area contributed by atoms with E-state index in [9.17, 15) is 17.3 Å². The Morgan fingerprint density at radius 2 is 1.76 bits per heavy atom. The van der Waals surface area contributed by atoms with E-state index in [2.05, 4.69) is 0 Å². The number of halogens is 5. The molecule has 0 saturated carbocycles. The second kappa shape index (κ2) is 7.99. The Morgan fingerprint density at radius 1 is 1.05 bits per heavy atom. The molecule has 8 heteroatoms. The van der Waals surface area contributed by atoms with E-state index in [0.717, 1.165) is 6.07 Å². The molecule has 0 aliphatic rings. The van der Waals surface area contributed by atoms with Crippen molar-refractivity contribution in [3.05, 3.63) is 58.9 Å². The van der Waals surface area contributed by atoms with Crippen molar-refractivity contribution in [2.75, 3.05) is 0 Å². The quantitative estimate of drug-likeness (QED) is 0.598. The van der Waals surface area contributed by atoms with Crippen molar-refractivity contribution < 1.29 is 73.5 Å². The van der Waals surface area contributed by atoms with Crippen molar-refractivity contribution in [3.8, 4) is 5.75 Å². The van der Waals surface area contributed by atoms with Gasteiger partial charge in [0.2, 0.25) is 0 Å². The van der Waals surface area contributed by atoms with Crippen LogP contribution in [-0.4, -0.2) is 6.98 Å². The third kappa shape index (κ3) is 5.58. The van der Waals surface area contributed by atoms with Crippen molar-refractivity contribution in [2.24, 2.45) is 0 Å². The van der Waals surface area contributed by atoms with E-state index in [0.29, 0.717) is 22.7 Å². The third-order valence-electron chi connectivity index (χ3n) is 2.62. The van der Waals surface area contributed by atoms with Crippen molar-refractivity contribution in [1.29, 1.82) is 0 Å². The van der Waals surface area contributed by atoms with Crippen LogP contribution in [0.2, 0.25) is 5.02 Å². The standard InChI is InChI=1S/C13H9BClF4O.K/c15-11-3-1-2-9(6-11)8-20-13-7-10(14(17,18)19)4-5-12(13)16;/h1-7H,8H2;/q-1;+1. The number of hydrogen-bond acceptors (Lipinski definition) is 1. The van der Waals surface area contributed by atoms with Gasteiger partial charge in [0, 0.05) is 5.02 Å². The zero-order chi connectivity index (χ0) is 14.8. The van der Waals surface area contributed by atoms with Crippen LogP contribution in [0.4, 0.5) is 17.3 Å². The molecule has 0 bridgehead atoms. The summed E-state index contributed by atoms with van der Waals surface area (Å²) in [7, 11) is 0. The number of hydrogen-bond donors (Lipinski definition) is 0. The van der Waals surface area contributed by atoms with E-state index >= 15 is 0 Å². The van der Waals surface area contributed by atoms with Gasteiger partial charge in [-0.05, 0) is 29.8 Å². The van der Waals surface area contributed by atoms with Crippen LogP contribution >= 0.6 is 11.6 Å². The third-order valence-corrected chi connectivity index (χ3v) is 2.85. The molecule has 2 aromatic carbocycles. The van der Waals surface area contributed by atoms with Gasteiger partial charge < -0.3 is 17.7 Å². The molecule has 0 spiro atoms. The van der Waals surface area contributed by atoms with Gasteiger partial charge in [0.1, 0.15) is 6.61 Å². The maximum Gasteiger partial charge on any atom is 1.00 e. The van der Waals surface area contributed by atoms with Gasteiger partial charge in [-0.3, -0.25) is 0 Å². The summed E-state index contributed by atoms with van der Waals surface area (Å²) in [5.41, 5.74) is -0.257. The molecule has 2 rings (SSSR count). The predicted molar refractivity (Wildman–Crippen MR) is 70.9 cm³/mol. The summed E-state index contributed by atoms with van der Waals surface area (Å²) in [5.74, 6) is -1.27. The van der Waals surface area contributed by atoms with Crippen LogP contribution in [0.5, 0.6) is 5.75 Å². The maximum atomic E-state index is 13.4. The maximum absolute atomic E-state index is 13.4. The first-order valence-electron chi connectivity index (χ1n) is 5.73. The summed E-state index contributed by atoms with van der Waals surface area (Å²) in [6, 6.07) is 8.71. The fourth-order valence-electron chi connectivity index (χ4n) is 1.62. The smallest absolute Gasteiger partial charge is 0.486 e. The average Bonchev–Trinajstić information content (AvgIpc) is 2.36. The Morgan fingerprint density at radius 3 is 2.38 bits per heavy atom. The van der Waals surface area contributed by atoms with Crippen LogP contribution in [-0.2, 0) is 6.61 Å². The Labute approximate surface area is 167 Å². The molecule has 2 aromatic rings. The minimum absolute atomic E-state index is 0. The fraction of sp³-hybridized carbons (Fsp3) is 0.0769. The first-order chi connectivity index (χ1) is 9.36. The summed E-state index contributed by atoms with van der Waals surface area (Å²) in [6.07, 6.45) is 0. The van der Waals surface area contributed by atoms with Crippen LogP contribution in [0.15, 0.2) is 42.5 Å². The molecule has 0 aliphatic carbocycles. The summed E-state index contributed by atoms with van der Waals surface area (Å²) in [4.78, 5) is 0. The van der Waals surface area contributed by atoms with Crippen LogP contribution in [0.3, 0.4) is 0 Å². The Balaban J connectivity index is 0.00000220. The molecule has 1 nitrogen and oxygen atoms in total. The summed E-state index contributed by atoms with van der Waals surface area (Å²) >= 11 is 5.77. The van der Waals surface area contributed by atoms with E-state index in [-0.39, 0.29) is 58.0 Å². The molecule has 0 fully saturated rings. The predicted octanol–water partition coefficient (Wildman–Crippen LogP) is 1.12. The second-order valence-electron chi connectivity index (χ2n) is 4.18. The number of benzene rings is 2. The molecule has 0 saturated heterocycles. The minimum Gasteiger partial charge on any atom is -0.486 e. The molecule has 0 aliphatic heterocycles. The van der Waals surface area contributed by atoms with Gasteiger partial charge >= 0.3 is 58.4 Å². The minimum atomic E-state index is -5.18. The molecule has 0 amide bonds. The normalized spacial score (nSPS) is 10.9. The first-order valence-corrected chi connectivity index (χ1v) is 6.11. The fourth-order valence-corrected chi connectivity index (χ4v) is 1.83. The van der Waals surface area contributed by atoms with Gasteiger partial charge in [0.25, 0.3) is 0 Å². The molecule has 0 N–H and O–H groups in total. The summed E-state index contributed by atoms with van der Waals surface area (Å²) < 4.78 is 56.3. The van der Waals surface area contributed by atoms with Gasteiger partial charge in [0.05, 0.1) is 0 Å². The topological polar surface area (TPSA) is 9.23 Å². The molecule has 21 heavy (non-hydrogen) atoms. The van der Waals surface area contributed by atoms with Gasteiger partial charge in [-0.25, -0.2) is 4.39 Å². The van der Waals surface area contributed by atoms with Gasteiger partial charge in [0.15, 0.2) is 11.6 Å². The zero-order valence-corrected chi connectivity index (χ0v) is 15.0. The number of rotatable bonds is 4. The SMILES string of the molecule is Fc1ccc([B-](F)(F)F)cc1OCc1cccc(Cl)c1.[K+]. The van der Waals surface area contributed by atoms with E-state index < -0.39 is 24.0 Å². The second-order valence-corrected chi connectivity index (χ2v) is 4.62. The monoisotopic (exact) mass is 342 g/mol. The van der Waals surface area contributed by atoms with Crippen molar-refractivity contribution in [3.63, 3.8) is 0 Å². The Bertz CT molecular complexity index is 621. The molecular weight excluding hydrogens is 333 g/mol. The molecule has 0 atom stereocenters. The van der Waals surface area contributed by atoms with Gasteiger partial charge in [-0.1, -0.05) is 29.8 Å². The van der Waals surface area contributed by atoms with Crippen LogP contribution in [0.1, 0.15) is 5.56 Å². The van der Waals surface area contributed by atoms with Crippen LogP contribution < -0.4 is 61.6 Å². The largest absolute Gasteiger partial charge is 1.00 e. The zero-order valence-electron chi connectivity index (χ0n) is 11.1. The van der Waals surface area contributed by atoms with Crippen molar-refractivity contribution in [2.45, 2.75) is 6.61 Å². The Kier molecular flexibility index (Phi) is 7.23. The molecule has 0 unspecified atom stereocenters. The van der Waals surface area contributed by atoms with E-state index in [1.54, 1.807) is 24.3 Å². The molecular formula is C13H9BClF4KO. The van der Waals surface area contributed by atoms with E-state index in [1.807, 2.05) is 0 Å². The van der Waals surface area contributed by atoms with Gasteiger partial charge in [-0.15, -0.1) is 5.46 Å². The Hall–Kier alpha value is -0.0487. The summed E-state index contributed by atoms with van der Waals surface area (Å²) in [5, 5.41) is 0.471. The molecule has 106 valence electrons. The molecule has 0 radical (unpaired) electrons. The summed E-state index contributed by atoms with van der Waals surface area (Å²) in [6.45, 7) is -5.25.